The first-order valence-electron chi connectivity index (χ1n) is 13.5. The Kier molecular flexibility index (Phi) is 8.72. The molecule has 2 heterocycles. The van der Waals surface area contributed by atoms with E-state index < -0.39 is 0 Å². The zero-order valence-corrected chi connectivity index (χ0v) is 21.8. The van der Waals surface area contributed by atoms with Crippen LogP contribution in [0.2, 0.25) is 0 Å². The number of carbonyl (C=O) groups excluding carboxylic acids is 1. The number of carbonyl (C=O) groups is 1. The number of piperidine rings is 1. The molecule has 0 saturated carbocycles. The molecule has 1 amide bonds. The average Bonchev–Trinajstić information content (AvgIpc) is 2.86. The lowest BCUT2D eigenvalue weighted by Crippen LogP contribution is -2.53. The number of para-hydroxylation sites is 2. The summed E-state index contributed by atoms with van der Waals surface area (Å²) in [4.78, 5) is 18.6. The molecule has 5 heteroatoms. The van der Waals surface area contributed by atoms with E-state index in [1.54, 1.807) is 0 Å². The largest absolute Gasteiger partial charge is 0.494 e. The van der Waals surface area contributed by atoms with Crippen LogP contribution in [-0.2, 0) is 17.8 Å². The monoisotopic (exact) mass is 478 g/mol. The number of aryl methyl sites for hydroxylation is 1. The lowest BCUT2D eigenvalue weighted by atomic mass is 9.72. The molecule has 2 aliphatic rings. The van der Waals surface area contributed by atoms with Crippen molar-refractivity contribution < 1.29 is 14.3 Å². The molecule has 0 atom stereocenters. The van der Waals surface area contributed by atoms with Gasteiger partial charge < -0.3 is 14.4 Å². The second-order valence-electron chi connectivity index (χ2n) is 10.4. The Balaban J connectivity index is 1.48. The van der Waals surface area contributed by atoms with Gasteiger partial charge in [0.05, 0.1) is 18.6 Å². The molecule has 0 aromatic heterocycles. The van der Waals surface area contributed by atoms with Crippen LogP contribution in [-0.4, -0.2) is 54.6 Å². The Morgan fingerprint density at radius 1 is 0.971 bits per heavy atom. The molecule has 1 saturated heterocycles. The number of fused-ring (bicyclic) bond motifs is 1. The van der Waals surface area contributed by atoms with Gasteiger partial charge in [-0.25, -0.2) is 0 Å². The Labute approximate surface area is 211 Å². The molecule has 0 unspecified atom stereocenters. The molecule has 2 aromatic rings. The first-order valence-corrected chi connectivity index (χ1v) is 13.5. The normalized spacial score (nSPS) is 19.5. The summed E-state index contributed by atoms with van der Waals surface area (Å²) in [5, 5.41) is 0. The predicted molar refractivity (Wildman–Crippen MR) is 141 cm³/mol. The van der Waals surface area contributed by atoms with Gasteiger partial charge in [-0.05, 0) is 83.7 Å². The smallest absolute Gasteiger partial charge is 0.229 e. The van der Waals surface area contributed by atoms with E-state index in [9.17, 15) is 4.79 Å². The number of rotatable bonds is 5. The molecular formula is C30H42N2O3. The number of ether oxygens (including phenoxy) is 2. The van der Waals surface area contributed by atoms with Crippen LogP contribution in [0.15, 0.2) is 48.5 Å². The number of hydrogen-bond acceptors (Lipinski definition) is 4. The summed E-state index contributed by atoms with van der Waals surface area (Å²) in [5.74, 6) is 2.28. The number of benzene rings is 2. The Hall–Kier alpha value is -2.53. The molecule has 0 bridgehead atoms. The van der Waals surface area contributed by atoms with Crippen molar-refractivity contribution in [3.63, 3.8) is 0 Å². The third kappa shape index (κ3) is 6.19. The van der Waals surface area contributed by atoms with Gasteiger partial charge in [0.1, 0.15) is 18.1 Å². The van der Waals surface area contributed by atoms with Gasteiger partial charge in [-0.1, -0.05) is 42.8 Å². The summed E-state index contributed by atoms with van der Waals surface area (Å²) in [6.07, 6.45) is 5.98. The summed E-state index contributed by atoms with van der Waals surface area (Å²) in [7, 11) is 0. The highest BCUT2D eigenvalue weighted by atomic mass is 16.5. The van der Waals surface area contributed by atoms with Gasteiger partial charge in [0.25, 0.3) is 0 Å². The lowest BCUT2D eigenvalue weighted by molar-refractivity contribution is -0.148. The van der Waals surface area contributed by atoms with Gasteiger partial charge in [-0.3, -0.25) is 9.69 Å². The molecule has 2 aromatic carbocycles. The van der Waals surface area contributed by atoms with Crippen LogP contribution in [0.1, 0.15) is 64.0 Å². The molecule has 1 fully saturated rings. The van der Waals surface area contributed by atoms with E-state index >= 15 is 0 Å². The number of hydrogen-bond donors (Lipinski definition) is 0. The van der Waals surface area contributed by atoms with Crippen LogP contribution in [0.4, 0.5) is 0 Å². The summed E-state index contributed by atoms with van der Waals surface area (Å²) in [5.41, 5.74) is 2.25. The Morgan fingerprint density at radius 2 is 1.71 bits per heavy atom. The van der Waals surface area contributed by atoms with E-state index in [-0.39, 0.29) is 11.5 Å². The van der Waals surface area contributed by atoms with Crippen molar-refractivity contribution in [3.8, 4) is 11.5 Å². The highest BCUT2D eigenvalue weighted by Gasteiger charge is 2.43. The quantitative estimate of drug-likeness (QED) is 0.552. The van der Waals surface area contributed by atoms with Crippen LogP contribution < -0.4 is 9.47 Å². The van der Waals surface area contributed by atoms with Crippen molar-refractivity contribution in [2.75, 3.05) is 32.8 Å². The Bertz CT molecular complexity index is 966. The zero-order valence-electron chi connectivity index (χ0n) is 21.8. The molecule has 2 aliphatic heterocycles. The number of nitrogens with zero attached hydrogens (tertiary/aromatic N) is 2. The predicted octanol–water partition coefficient (Wildman–Crippen LogP) is 5.71. The first kappa shape index (κ1) is 25.6. The van der Waals surface area contributed by atoms with Crippen molar-refractivity contribution in [2.24, 2.45) is 5.41 Å². The second kappa shape index (κ2) is 11.9. The van der Waals surface area contributed by atoms with Gasteiger partial charge in [-0.15, -0.1) is 0 Å². The molecule has 190 valence electrons. The second-order valence-corrected chi connectivity index (χ2v) is 10.4. The van der Waals surface area contributed by atoms with Crippen LogP contribution in [0.3, 0.4) is 0 Å². The van der Waals surface area contributed by atoms with E-state index in [2.05, 4.69) is 60.0 Å². The Morgan fingerprint density at radius 3 is 2.49 bits per heavy atom. The molecule has 4 rings (SSSR count). The first-order chi connectivity index (χ1) is 17.0. The minimum atomic E-state index is -0.265. The minimum absolute atomic E-state index is 0.164. The molecule has 0 aliphatic carbocycles. The molecular weight excluding hydrogens is 436 g/mol. The van der Waals surface area contributed by atoms with Crippen LogP contribution >= 0.6 is 0 Å². The third-order valence-corrected chi connectivity index (χ3v) is 7.73. The maximum Gasteiger partial charge on any atom is 0.229 e. The molecule has 35 heavy (non-hydrogen) atoms. The maximum absolute atomic E-state index is 14.1. The van der Waals surface area contributed by atoms with Crippen LogP contribution in [0, 0.1) is 5.41 Å². The fourth-order valence-electron chi connectivity index (χ4n) is 5.66. The standard InChI is InChI=1S/C30H42N2O3/c1-4-34-28-15-8-6-13-26(28)23-31-19-17-30(18-20-31)16-10-9-12-25-11-5-7-14-27(25)35-22-21-32(24(2)3)29(30)33/h5-8,11,13-15,24H,4,9-10,12,16-23H2,1-3H3. The number of amides is 1. The fraction of sp³-hybridized carbons (Fsp3) is 0.567. The van der Waals surface area contributed by atoms with E-state index in [1.807, 2.05) is 19.1 Å². The average molecular weight is 479 g/mol. The van der Waals surface area contributed by atoms with Crippen molar-refractivity contribution >= 4 is 5.91 Å². The summed E-state index contributed by atoms with van der Waals surface area (Å²) < 4.78 is 12.0. The molecule has 1 spiro atoms. The minimum Gasteiger partial charge on any atom is -0.494 e. The van der Waals surface area contributed by atoms with Gasteiger partial charge in [-0.2, -0.15) is 0 Å². The van der Waals surface area contributed by atoms with Crippen molar-refractivity contribution in [1.82, 2.24) is 9.80 Å². The number of likely N-dealkylation sites (tertiary alicyclic amines) is 1. The highest BCUT2D eigenvalue weighted by molar-refractivity contribution is 5.83. The summed E-state index contributed by atoms with van der Waals surface area (Å²) in [6, 6.07) is 16.9. The van der Waals surface area contributed by atoms with Gasteiger partial charge in [0.15, 0.2) is 0 Å². The zero-order chi connectivity index (χ0) is 24.7. The molecule has 0 N–H and O–H groups in total. The van der Waals surface area contributed by atoms with Crippen molar-refractivity contribution in [3.05, 3.63) is 59.7 Å². The van der Waals surface area contributed by atoms with E-state index in [0.29, 0.717) is 25.7 Å². The van der Waals surface area contributed by atoms with Crippen LogP contribution in [0.25, 0.3) is 0 Å². The fourth-order valence-corrected chi connectivity index (χ4v) is 5.66. The maximum atomic E-state index is 14.1. The van der Waals surface area contributed by atoms with Gasteiger partial charge >= 0.3 is 0 Å². The molecule has 5 nitrogen and oxygen atoms in total. The van der Waals surface area contributed by atoms with Crippen LogP contribution in [0.5, 0.6) is 11.5 Å². The summed E-state index contributed by atoms with van der Waals surface area (Å²) >= 11 is 0. The van der Waals surface area contributed by atoms with E-state index in [1.165, 1.54) is 11.1 Å². The SMILES string of the molecule is CCOc1ccccc1CN1CCC2(CCCCc3ccccc3OCCN(C(C)C)C2=O)CC1. The summed E-state index contributed by atoms with van der Waals surface area (Å²) in [6.45, 7) is 10.9. The third-order valence-electron chi connectivity index (χ3n) is 7.73. The van der Waals surface area contributed by atoms with Gasteiger partial charge in [0, 0.05) is 18.2 Å². The topological polar surface area (TPSA) is 42.0 Å². The van der Waals surface area contributed by atoms with Crippen molar-refractivity contribution in [2.45, 2.75) is 71.9 Å². The highest BCUT2D eigenvalue weighted by Crippen LogP contribution is 2.40. The van der Waals surface area contributed by atoms with Crippen molar-refractivity contribution in [1.29, 1.82) is 0 Å². The van der Waals surface area contributed by atoms with E-state index in [0.717, 1.165) is 69.7 Å². The van der Waals surface area contributed by atoms with Gasteiger partial charge in [0.2, 0.25) is 5.91 Å². The lowest BCUT2D eigenvalue weighted by Gasteiger charge is -2.44. The molecule has 0 radical (unpaired) electrons. The van der Waals surface area contributed by atoms with E-state index in [4.69, 9.17) is 9.47 Å².